The number of carbonyl (C=O) groups is 2. The van der Waals surface area contributed by atoms with Gasteiger partial charge >= 0.3 is 0 Å². The standard InChI is InChI=1S/C15H22N2O2/c1-15(2,3)10-5-6-12(18)11(9-10)13(19)14-16-7-8-17(14)4/h7-8,10-11H,5-6,9H2,1-4H3. The first kappa shape index (κ1) is 14.0. The van der Waals surface area contributed by atoms with Gasteiger partial charge in [0.15, 0.2) is 5.82 Å². The third-order valence-corrected chi connectivity index (χ3v) is 4.23. The minimum atomic E-state index is -0.501. The lowest BCUT2D eigenvalue weighted by molar-refractivity contribution is -0.124. The van der Waals surface area contributed by atoms with E-state index in [4.69, 9.17) is 0 Å². The van der Waals surface area contributed by atoms with Crippen LogP contribution in [0.2, 0.25) is 0 Å². The van der Waals surface area contributed by atoms with Crippen LogP contribution >= 0.6 is 0 Å². The monoisotopic (exact) mass is 262 g/mol. The summed E-state index contributed by atoms with van der Waals surface area (Å²) < 4.78 is 1.69. The van der Waals surface area contributed by atoms with Crippen molar-refractivity contribution in [3.05, 3.63) is 18.2 Å². The second kappa shape index (κ2) is 4.91. The van der Waals surface area contributed by atoms with Gasteiger partial charge in [0.2, 0.25) is 5.78 Å². The van der Waals surface area contributed by atoms with Crippen molar-refractivity contribution in [1.29, 1.82) is 0 Å². The molecular formula is C15H22N2O2. The van der Waals surface area contributed by atoms with Crippen LogP contribution in [0.4, 0.5) is 0 Å². The van der Waals surface area contributed by atoms with Crippen molar-refractivity contribution in [2.75, 3.05) is 0 Å². The quantitative estimate of drug-likeness (QED) is 0.608. The predicted molar refractivity (Wildman–Crippen MR) is 72.8 cm³/mol. The molecule has 1 aromatic heterocycles. The lowest BCUT2D eigenvalue weighted by atomic mass is 9.68. The number of hydrogen-bond donors (Lipinski definition) is 0. The van der Waals surface area contributed by atoms with E-state index in [0.717, 1.165) is 6.42 Å². The molecule has 0 spiro atoms. The van der Waals surface area contributed by atoms with Gasteiger partial charge in [0.25, 0.3) is 0 Å². The zero-order chi connectivity index (χ0) is 14.2. The van der Waals surface area contributed by atoms with Crippen LogP contribution in [0.25, 0.3) is 0 Å². The fraction of sp³-hybridized carbons (Fsp3) is 0.667. The second-order valence-electron chi connectivity index (χ2n) is 6.58. The van der Waals surface area contributed by atoms with E-state index in [1.165, 1.54) is 0 Å². The van der Waals surface area contributed by atoms with E-state index in [0.29, 0.717) is 24.6 Å². The lowest BCUT2D eigenvalue weighted by Gasteiger charge is -2.36. The molecule has 0 amide bonds. The Morgan fingerprint density at radius 1 is 1.42 bits per heavy atom. The van der Waals surface area contributed by atoms with Gasteiger partial charge in [-0.25, -0.2) is 4.98 Å². The van der Waals surface area contributed by atoms with E-state index in [9.17, 15) is 9.59 Å². The number of aryl methyl sites for hydroxylation is 1. The molecule has 1 heterocycles. The molecule has 1 fully saturated rings. The third kappa shape index (κ3) is 2.77. The molecule has 1 aliphatic carbocycles. The lowest BCUT2D eigenvalue weighted by Crippen LogP contribution is -2.36. The Bertz CT molecular complexity index is 496. The molecule has 0 radical (unpaired) electrons. The van der Waals surface area contributed by atoms with E-state index in [2.05, 4.69) is 25.8 Å². The van der Waals surface area contributed by atoms with Gasteiger partial charge in [-0.15, -0.1) is 0 Å². The van der Waals surface area contributed by atoms with Crippen molar-refractivity contribution < 1.29 is 9.59 Å². The summed E-state index contributed by atoms with van der Waals surface area (Å²) in [5.74, 6) is 0.270. The number of hydrogen-bond acceptors (Lipinski definition) is 3. The third-order valence-electron chi connectivity index (χ3n) is 4.23. The summed E-state index contributed by atoms with van der Waals surface area (Å²) in [7, 11) is 1.79. The molecule has 104 valence electrons. The van der Waals surface area contributed by atoms with E-state index in [1.54, 1.807) is 24.0 Å². The van der Waals surface area contributed by atoms with E-state index < -0.39 is 5.92 Å². The van der Waals surface area contributed by atoms with Gasteiger partial charge in [-0.3, -0.25) is 9.59 Å². The van der Waals surface area contributed by atoms with Crippen LogP contribution in [0.5, 0.6) is 0 Å². The summed E-state index contributed by atoms with van der Waals surface area (Å²) in [6, 6.07) is 0. The summed E-state index contributed by atoms with van der Waals surface area (Å²) in [5.41, 5.74) is 0.140. The maximum Gasteiger partial charge on any atom is 0.208 e. The van der Waals surface area contributed by atoms with Gasteiger partial charge in [-0.1, -0.05) is 20.8 Å². The first-order valence-electron chi connectivity index (χ1n) is 6.85. The molecule has 2 rings (SSSR count). The fourth-order valence-electron chi connectivity index (χ4n) is 2.82. The van der Waals surface area contributed by atoms with Gasteiger partial charge < -0.3 is 4.57 Å². The molecule has 0 bridgehead atoms. The Morgan fingerprint density at radius 2 is 2.11 bits per heavy atom. The minimum absolute atomic E-state index is 0.0773. The Labute approximate surface area is 114 Å². The molecule has 0 aliphatic heterocycles. The second-order valence-corrected chi connectivity index (χ2v) is 6.58. The Hall–Kier alpha value is -1.45. The van der Waals surface area contributed by atoms with Crippen molar-refractivity contribution in [2.45, 2.75) is 40.0 Å². The topological polar surface area (TPSA) is 52.0 Å². The molecule has 4 heteroatoms. The van der Waals surface area contributed by atoms with Gasteiger partial charge in [0, 0.05) is 25.9 Å². The largest absolute Gasteiger partial charge is 0.332 e. The zero-order valence-corrected chi connectivity index (χ0v) is 12.1. The van der Waals surface area contributed by atoms with E-state index in [-0.39, 0.29) is 17.0 Å². The molecule has 0 saturated heterocycles. The van der Waals surface area contributed by atoms with Crippen LogP contribution in [-0.2, 0) is 11.8 Å². The van der Waals surface area contributed by atoms with Crippen LogP contribution < -0.4 is 0 Å². The molecule has 0 aromatic carbocycles. The Morgan fingerprint density at radius 3 is 2.63 bits per heavy atom. The maximum absolute atomic E-state index is 12.5. The van der Waals surface area contributed by atoms with E-state index >= 15 is 0 Å². The number of aromatic nitrogens is 2. The SMILES string of the molecule is Cn1ccnc1C(=O)C1CC(C(C)(C)C)CCC1=O. The summed E-state index contributed by atoms with van der Waals surface area (Å²) in [5, 5.41) is 0. The van der Waals surface area contributed by atoms with Gasteiger partial charge in [0.1, 0.15) is 5.78 Å². The number of nitrogens with zero attached hydrogens (tertiary/aromatic N) is 2. The first-order valence-corrected chi connectivity index (χ1v) is 6.85. The van der Waals surface area contributed by atoms with Crippen LogP contribution in [-0.4, -0.2) is 21.1 Å². The highest BCUT2D eigenvalue weighted by molar-refractivity contribution is 6.09. The van der Waals surface area contributed by atoms with Crippen molar-refractivity contribution in [1.82, 2.24) is 9.55 Å². The summed E-state index contributed by atoms with van der Waals surface area (Å²) >= 11 is 0. The van der Waals surface area contributed by atoms with Crippen molar-refractivity contribution in [2.24, 2.45) is 24.3 Å². The minimum Gasteiger partial charge on any atom is -0.332 e. The Kier molecular flexibility index (Phi) is 3.61. The van der Waals surface area contributed by atoms with Crippen molar-refractivity contribution >= 4 is 11.6 Å². The summed E-state index contributed by atoms with van der Waals surface area (Å²) in [6.07, 6.45) is 5.41. The number of Topliss-reactive ketones (excluding diaryl/α,β-unsaturated/α-hetero) is 2. The van der Waals surface area contributed by atoms with Gasteiger partial charge in [-0.05, 0) is 24.2 Å². The molecule has 1 aliphatic rings. The highest BCUT2D eigenvalue weighted by Gasteiger charge is 2.39. The average Bonchev–Trinajstić information content (AvgIpc) is 2.73. The average molecular weight is 262 g/mol. The maximum atomic E-state index is 12.5. The summed E-state index contributed by atoms with van der Waals surface area (Å²) in [4.78, 5) is 28.6. The predicted octanol–water partition coefficient (Wildman–Crippen LogP) is 2.63. The van der Waals surface area contributed by atoms with Crippen LogP contribution in [0, 0.1) is 17.3 Å². The normalized spacial score (nSPS) is 24.5. The number of carbonyl (C=O) groups excluding carboxylic acids is 2. The van der Waals surface area contributed by atoms with Gasteiger partial charge in [0.05, 0.1) is 5.92 Å². The van der Waals surface area contributed by atoms with Crippen LogP contribution in [0.3, 0.4) is 0 Å². The number of rotatable bonds is 2. The smallest absolute Gasteiger partial charge is 0.208 e. The highest BCUT2D eigenvalue weighted by Crippen LogP contribution is 2.39. The van der Waals surface area contributed by atoms with Crippen molar-refractivity contribution in [3.63, 3.8) is 0 Å². The molecule has 2 atom stereocenters. The molecule has 2 unspecified atom stereocenters. The molecular weight excluding hydrogens is 240 g/mol. The molecule has 0 N–H and O–H groups in total. The van der Waals surface area contributed by atoms with E-state index in [1.807, 2.05) is 0 Å². The summed E-state index contributed by atoms with van der Waals surface area (Å²) in [6.45, 7) is 6.53. The molecule has 1 aromatic rings. The fourth-order valence-corrected chi connectivity index (χ4v) is 2.82. The van der Waals surface area contributed by atoms with Crippen LogP contribution in [0.1, 0.15) is 50.7 Å². The van der Waals surface area contributed by atoms with Gasteiger partial charge in [-0.2, -0.15) is 0 Å². The Balaban J connectivity index is 2.21. The first-order chi connectivity index (χ1) is 8.80. The highest BCUT2D eigenvalue weighted by atomic mass is 16.2. The molecule has 1 saturated carbocycles. The molecule has 4 nitrogen and oxygen atoms in total. The number of imidazole rings is 1. The zero-order valence-electron chi connectivity index (χ0n) is 12.1. The van der Waals surface area contributed by atoms with Crippen molar-refractivity contribution in [3.8, 4) is 0 Å². The number of ketones is 2. The molecule has 19 heavy (non-hydrogen) atoms. The van der Waals surface area contributed by atoms with Crippen LogP contribution in [0.15, 0.2) is 12.4 Å².